The minimum absolute atomic E-state index is 0.0920. The SMILES string of the molecule is [CH2]c1cc(-c2ccccc2F)n(S(=O)(=O)c2cccc(-c3ccoc3)c2)c1. The number of nitrogens with zero attached hydrogens (tertiary/aromatic N) is 1. The van der Waals surface area contributed by atoms with Gasteiger partial charge in [0.25, 0.3) is 10.0 Å². The Morgan fingerprint density at radius 1 is 0.963 bits per heavy atom. The van der Waals surface area contributed by atoms with Crippen molar-refractivity contribution in [3.63, 3.8) is 0 Å². The van der Waals surface area contributed by atoms with Gasteiger partial charge in [-0.05, 0) is 54.4 Å². The highest BCUT2D eigenvalue weighted by atomic mass is 32.2. The largest absolute Gasteiger partial charge is 0.472 e. The van der Waals surface area contributed by atoms with E-state index in [0.717, 1.165) is 9.54 Å². The minimum atomic E-state index is -3.95. The van der Waals surface area contributed by atoms with Gasteiger partial charge in [0, 0.05) is 17.3 Å². The third-order valence-electron chi connectivity index (χ3n) is 4.24. The van der Waals surface area contributed by atoms with Crippen LogP contribution >= 0.6 is 0 Å². The molecule has 2 heterocycles. The van der Waals surface area contributed by atoms with Crippen molar-refractivity contribution in [1.29, 1.82) is 0 Å². The van der Waals surface area contributed by atoms with Crippen molar-refractivity contribution >= 4 is 10.0 Å². The first kappa shape index (κ1) is 17.3. The van der Waals surface area contributed by atoms with Gasteiger partial charge in [-0.1, -0.05) is 24.3 Å². The molecule has 1 radical (unpaired) electrons. The van der Waals surface area contributed by atoms with Gasteiger partial charge in [0.1, 0.15) is 5.82 Å². The molecule has 0 bridgehead atoms. The van der Waals surface area contributed by atoms with Gasteiger partial charge in [0.2, 0.25) is 0 Å². The van der Waals surface area contributed by atoms with Crippen LogP contribution in [0.3, 0.4) is 0 Å². The summed E-state index contributed by atoms with van der Waals surface area (Å²) in [6.45, 7) is 3.80. The number of benzene rings is 2. The average Bonchev–Trinajstić information content (AvgIpc) is 3.32. The van der Waals surface area contributed by atoms with Crippen molar-refractivity contribution in [2.45, 2.75) is 4.90 Å². The Labute approximate surface area is 156 Å². The summed E-state index contributed by atoms with van der Waals surface area (Å²) in [4.78, 5) is 0.0920. The second-order valence-corrected chi connectivity index (χ2v) is 7.87. The van der Waals surface area contributed by atoms with Crippen molar-refractivity contribution in [3.8, 4) is 22.4 Å². The topological polar surface area (TPSA) is 52.2 Å². The van der Waals surface area contributed by atoms with E-state index in [2.05, 4.69) is 6.92 Å². The molecule has 0 unspecified atom stereocenters. The number of hydrogen-bond acceptors (Lipinski definition) is 3. The number of hydrogen-bond donors (Lipinski definition) is 0. The molecule has 135 valence electrons. The Bertz CT molecular complexity index is 1210. The molecule has 0 aliphatic heterocycles. The normalized spacial score (nSPS) is 11.6. The summed E-state index contributed by atoms with van der Waals surface area (Å²) in [6.07, 6.45) is 4.45. The molecule has 2 aromatic carbocycles. The second kappa shape index (κ2) is 6.55. The maximum absolute atomic E-state index is 14.3. The molecule has 4 aromatic rings. The van der Waals surface area contributed by atoms with Gasteiger partial charge in [-0.25, -0.2) is 16.8 Å². The third-order valence-corrected chi connectivity index (χ3v) is 5.91. The van der Waals surface area contributed by atoms with Gasteiger partial charge in [0.15, 0.2) is 0 Å². The highest BCUT2D eigenvalue weighted by Gasteiger charge is 2.23. The van der Waals surface area contributed by atoms with Crippen LogP contribution in [0.5, 0.6) is 0 Å². The van der Waals surface area contributed by atoms with E-state index >= 15 is 0 Å². The van der Waals surface area contributed by atoms with Gasteiger partial charge < -0.3 is 4.42 Å². The summed E-state index contributed by atoms with van der Waals surface area (Å²) in [5, 5.41) is 0. The fraction of sp³-hybridized carbons (Fsp3) is 0. The maximum atomic E-state index is 14.3. The van der Waals surface area contributed by atoms with E-state index in [-0.39, 0.29) is 16.2 Å². The number of aromatic nitrogens is 1. The molecule has 0 aliphatic rings. The molecule has 0 saturated heterocycles. The van der Waals surface area contributed by atoms with Crippen molar-refractivity contribution < 1.29 is 17.2 Å². The summed E-state index contributed by atoms with van der Waals surface area (Å²) in [6, 6.07) is 15.9. The Morgan fingerprint density at radius 2 is 1.78 bits per heavy atom. The fourth-order valence-corrected chi connectivity index (χ4v) is 4.38. The lowest BCUT2D eigenvalue weighted by atomic mass is 10.1. The molecule has 4 rings (SSSR count). The standard InChI is InChI=1S/C21H15FNO3S/c1-15-11-21(19-7-2-3-8-20(19)22)23(13-15)27(24,25)18-6-4-5-16(12-18)17-9-10-26-14-17/h2-14H,1H2. The van der Waals surface area contributed by atoms with E-state index < -0.39 is 15.8 Å². The van der Waals surface area contributed by atoms with Gasteiger partial charge in [-0.2, -0.15) is 0 Å². The molecule has 0 fully saturated rings. The number of rotatable bonds is 4. The van der Waals surface area contributed by atoms with E-state index in [1.54, 1.807) is 48.7 Å². The zero-order valence-electron chi connectivity index (χ0n) is 14.2. The molecule has 0 saturated carbocycles. The van der Waals surface area contributed by atoms with Crippen LogP contribution in [0.25, 0.3) is 22.4 Å². The predicted octanol–water partition coefficient (Wildman–Crippen LogP) is 4.97. The zero-order valence-corrected chi connectivity index (χ0v) is 15.0. The van der Waals surface area contributed by atoms with Gasteiger partial charge in [0.05, 0.1) is 23.1 Å². The van der Waals surface area contributed by atoms with Crippen molar-refractivity contribution in [3.05, 3.63) is 97.7 Å². The second-order valence-electron chi connectivity index (χ2n) is 6.05. The van der Waals surface area contributed by atoms with E-state index in [0.29, 0.717) is 11.1 Å². The first-order valence-corrected chi connectivity index (χ1v) is 9.58. The molecule has 0 aliphatic carbocycles. The third kappa shape index (κ3) is 3.08. The molecular formula is C21H15FNO3S. The van der Waals surface area contributed by atoms with Crippen LogP contribution in [0.1, 0.15) is 5.56 Å². The first-order chi connectivity index (χ1) is 13.0. The van der Waals surface area contributed by atoms with Gasteiger partial charge >= 0.3 is 0 Å². The van der Waals surface area contributed by atoms with E-state index in [1.165, 1.54) is 30.7 Å². The molecule has 4 nitrogen and oxygen atoms in total. The molecule has 0 amide bonds. The average molecular weight is 380 g/mol. The molecular weight excluding hydrogens is 365 g/mol. The predicted molar refractivity (Wildman–Crippen MR) is 101 cm³/mol. The number of halogens is 1. The smallest absolute Gasteiger partial charge is 0.268 e. The summed E-state index contributed by atoms with van der Waals surface area (Å²) in [5.74, 6) is -0.501. The summed E-state index contributed by atoms with van der Waals surface area (Å²) in [5.41, 5.74) is 2.38. The lowest BCUT2D eigenvalue weighted by molar-refractivity contribution is 0.568. The van der Waals surface area contributed by atoms with Gasteiger partial charge in [-0.15, -0.1) is 0 Å². The zero-order chi connectivity index (χ0) is 19.0. The Balaban J connectivity index is 1.87. The van der Waals surface area contributed by atoms with Crippen molar-refractivity contribution in [1.82, 2.24) is 3.97 Å². The summed E-state index contributed by atoms with van der Waals surface area (Å²) >= 11 is 0. The van der Waals surface area contributed by atoms with E-state index in [4.69, 9.17) is 4.42 Å². The van der Waals surface area contributed by atoms with Crippen molar-refractivity contribution in [2.75, 3.05) is 0 Å². The molecule has 0 spiro atoms. The summed E-state index contributed by atoms with van der Waals surface area (Å²) in [7, 11) is -3.95. The minimum Gasteiger partial charge on any atom is -0.472 e. The molecule has 0 atom stereocenters. The Kier molecular flexibility index (Phi) is 4.20. The number of furan rings is 1. The van der Waals surface area contributed by atoms with Crippen LogP contribution in [-0.4, -0.2) is 12.4 Å². The van der Waals surface area contributed by atoms with E-state index in [1.807, 2.05) is 0 Å². The van der Waals surface area contributed by atoms with Crippen molar-refractivity contribution in [2.24, 2.45) is 0 Å². The van der Waals surface area contributed by atoms with Crippen LogP contribution in [0.15, 0.2) is 88.7 Å². The maximum Gasteiger partial charge on any atom is 0.268 e. The highest BCUT2D eigenvalue weighted by Crippen LogP contribution is 2.30. The fourth-order valence-electron chi connectivity index (χ4n) is 2.94. The Hall–Kier alpha value is -3.12. The molecule has 6 heteroatoms. The van der Waals surface area contributed by atoms with Crippen LogP contribution in [0.2, 0.25) is 0 Å². The lowest BCUT2D eigenvalue weighted by Gasteiger charge is -2.12. The molecule has 2 aromatic heterocycles. The summed E-state index contributed by atoms with van der Waals surface area (Å²) < 4.78 is 46.9. The van der Waals surface area contributed by atoms with Crippen LogP contribution < -0.4 is 0 Å². The molecule has 0 N–H and O–H groups in total. The monoisotopic (exact) mass is 380 g/mol. The van der Waals surface area contributed by atoms with E-state index in [9.17, 15) is 12.8 Å². The quantitative estimate of drug-likeness (QED) is 0.502. The van der Waals surface area contributed by atoms with Crippen LogP contribution in [0, 0.1) is 12.7 Å². The van der Waals surface area contributed by atoms with Crippen LogP contribution in [0.4, 0.5) is 4.39 Å². The molecule has 27 heavy (non-hydrogen) atoms. The van der Waals surface area contributed by atoms with Crippen LogP contribution in [-0.2, 0) is 10.0 Å². The highest BCUT2D eigenvalue weighted by molar-refractivity contribution is 7.90. The van der Waals surface area contributed by atoms with Gasteiger partial charge in [-0.3, -0.25) is 0 Å². The first-order valence-electron chi connectivity index (χ1n) is 8.14. The lowest BCUT2D eigenvalue weighted by Crippen LogP contribution is -2.13. The Morgan fingerprint density at radius 3 is 2.52 bits per heavy atom.